The molecule has 0 saturated heterocycles. The molecule has 3 N–H and O–H groups in total. The van der Waals surface area contributed by atoms with Crippen LogP contribution in [0.25, 0.3) is 0 Å². The normalized spacial score (nSPS) is 13.4. The van der Waals surface area contributed by atoms with Gasteiger partial charge in [-0.3, -0.25) is 4.79 Å². The van der Waals surface area contributed by atoms with Gasteiger partial charge in [-0.1, -0.05) is 11.6 Å². The van der Waals surface area contributed by atoms with Crippen LogP contribution in [0.4, 0.5) is 5.69 Å². The van der Waals surface area contributed by atoms with Crippen molar-refractivity contribution >= 4 is 29.2 Å². The lowest BCUT2D eigenvalue weighted by Crippen LogP contribution is -2.48. The lowest BCUT2D eigenvalue weighted by Gasteiger charge is -2.20. The molecule has 0 spiro atoms. The molecule has 0 aliphatic rings. The Morgan fingerprint density at radius 2 is 2.05 bits per heavy atom. The molecule has 110 valence electrons. The molecule has 2 atom stereocenters. The highest BCUT2D eigenvalue weighted by Crippen LogP contribution is 2.20. The van der Waals surface area contributed by atoms with E-state index in [0.717, 1.165) is 5.69 Å². The van der Waals surface area contributed by atoms with Crippen LogP contribution in [-0.4, -0.2) is 43.3 Å². The van der Waals surface area contributed by atoms with Crippen LogP contribution >= 0.6 is 11.6 Å². The van der Waals surface area contributed by atoms with Crippen molar-refractivity contribution in [1.82, 2.24) is 5.32 Å². The predicted molar refractivity (Wildman–Crippen MR) is 76.4 cm³/mol. The van der Waals surface area contributed by atoms with Gasteiger partial charge in [-0.15, -0.1) is 0 Å². The molecule has 1 rings (SSSR count). The second kappa shape index (κ2) is 7.12. The first kappa shape index (κ1) is 16.3. The fraction of sp³-hybridized carbons (Fsp3) is 0.385. The molecule has 6 nitrogen and oxygen atoms in total. The molecule has 0 heterocycles. The number of rotatable bonds is 6. The second-order valence-electron chi connectivity index (χ2n) is 4.17. The van der Waals surface area contributed by atoms with Gasteiger partial charge in [0.2, 0.25) is 0 Å². The van der Waals surface area contributed by atoms with E-state index in [1.165, 1.54) is 13.2 Å². The van der Waals surface area contributed by atoms with E-state index >= 15 is 0 Å². The number of carboxylic acids is 1. The average Bonchev–Trinajstić information content (AvgIpc) is 2.43. The monoisotopic (exact) mass is 300 g/mol. The number of hydrogen-bond donors (Lipinski definition) is 3. The van der Waals surface area contributed by atoms with Crippen LogP contribution in [0.5, 0.6) is 0 Å². The number of aliphatic carboxylic acids is 1. The van der Waals surface area contributed by atoms with Gasteiger partial charge in [0, 0.05) is 19.8 Å². The van der Waals surface area contributed by atoms with Crippen molar-refractivity contribution in [1.29, 1.82) is 0 Å². The number of benzene rings is 1. The number of halogens is 1. The predicted octanol–water partition coefficient (Wildman–Crippen LogP) is 1.60. The van der Waals surface area contributed by atoms with Crippen LogP contribution in [0.1, 0.15) is 17.3 Å². The minimum Gasteiger partial charge on any atom is -0.480 e. The van der Waals surface area contributed by atoms with Gasteiger partial charge in [0.25, 0.3) is 5.91 Å². The lowest BCUT2D eigenvalue weighted by molar-refractivity contribution is -0.142. The first-order valence-electron chi connectivity index (χ1n) is 5.94. The average molecular weight is 301 g/mol. The summed E-state index contributed by atoms with van der Waals surface area (Å²) in [6.07, 6.45) is -0.660. The molecule has 20 heavy (non-hydrogen) atoms. The zero-order valence-corrected chi connectivity index (χ0v) is 12.2. The van der Waals surface area contributed by atoms with Crippen molar-refractivity contribution in [3.8, 4) is 0 Å². The van der Waals surface area contributed by atoms with E-state index in [9.17, 15) is 9.59 Å². The third-order valence-corrected chi connectivity index (χ3v) is 3.21. The third kappa shape index (κ3) is 3.85. The highest BCUT2D eigenvalue weighted by atomic mass is 35.5. The second-order valence-corrected chi connectivity index (χ2v) is 4.58. The quantitative estimate of drug-likeness (QED) is 0.743. The number of nitrogens with one attached hydrogen (secondary N) is 2. The van der Waals surface area contributed by atoms with E-state index in [2.05, 4.69) is 10.6 Å². The number of amides is 1. The number of carbonyl (C=O) groups is 2. The van der Waals surface area contributed by atoms with E-state index in [-0.39, 0.29) is 10.6 Å². The van der Waals surface area contributed by atoms with Crippen LogP contribution in [0.2, 0.25) is 5.02 Å². The van der Waals surface area contributed by atoms with Gasteiger partial charge in [-0.25, -0.2) is 4.79 Å². The van der Waals surface area contributed by atoms with E-state index < -0.39 is 24.0 Å². The van der Waals surface area contributed by atoms with Gasteiger partial charge in [0.05, 0.1) is 16.7 Å². The molecule has 0 unspecified atom stereocenters. The fourth-order valence-electron chi connectivity index (χ4n) is 1.59. The maximum Gasteiger partial charge on any atom is 0.328 e. The van der Waals surface area contributed by atoms with Crippen LogP contribution < -0.4 is 10.6 Å². The Kier molecular flexibility index (Phi) is 5.79. The van der Waals surface area contributed by atoms with Gasteiger partial charge >= 0.3 is 5.97 Å². The molecule has 0 aliphatic heterocycles. The van der Waals surface area contributed by atoms with E-state index in [4.69, 9.17) is 21.4 Å². The minimum atomic E-state index is -1.17. The van der Waals surface area contributed by atoms with Crippen LogP contribution in [0.15, 0.2) is 18.2 Å². The van der Waals surface area contributed by atoms with Crippen LogP contribution in [0, 0.1) is 0 Å². The number of methoxy groups -OCH3 is 1. The standard InChI is InChI=1S/C13H17ClN2O4/c1-7(20-3)11(13(18)19)16-12(17)9-5-4-8(15-2)6-10(9)14/h4-7,11,15H,1-3H3,(H,16,17)(H,18,19)/t7-,11+/m1/s1. The van der Waals surface area contributed by atoms with Crippen molar-refractivity contribution < 1.29 is 19.4 Å². The Bertz CT molecular complexity index is 507. The third-order valence-electron chi connectivity index (χ3n) is 2.90. The summed E-state index contributed by atoms with van der Waals surface area (Å²) < 4.78 is 4.94. The van der Waals surface area contributed by atoms with Crippen molar-refractivity contribution in [3.05, 3.63) is 28.8 Å². The summed E-state index contributed by atoms with van der Waals surface area (Å²) in [5, 5.41) is 14.6. The first-order valence-corrected chi connectivity index (χ1v) is 6.32. The molecule has 0 radical (unpaired) electrons. The number of anilines is 1. The van der Waals surface area contributed by atoms with Gasteiger partial charge in [0.1, 0.15) is 0 Å². The van der Waals surface area contributed by atoms with Crippen LogP contribution in [0.3, 0.4) is 0 Å². The zero-order valence-electron chi connectivity index (χ0n) is 11.4. The summed E-state index contributed by atoms with van der Waals surface area (Å²) in [5.74, 6) is -1.73. The van der Waals surface area contributed by atoms with Gasteiger partial charge in [-0.05, 0) is 25.1 Å². The topological polar surface area (TPSA) is 87.7 Å². The Morgan fingerprint density at radius 1 is 1.40 bits per heavy atom. The molecule has 1 aromatic rings. The van der Waals surface area contributed by atoms with E-state index in [1.807, 2.05) is 0 Å². The summed E-state index contributed by atoms with van der Waals surface area (Å²) in [6.45, 7) is 1.56. The zero-order chi connectivity index (χ0) is 15.3. The molecule has 1 amide bonds. The molecular weight excluding hydrogens is 284 g/mol. The molecule has 0 aromatic heterocycles. The van der Waals surface area contributed by atoms with Crippen LogP contribution in [-0.2, 0) is 9.53 Å². The van der Waals surface area contributed by atoms with Crippen molar-refractivity contribution in [3.63, 3.8) is 0 Å². The van der Waals surface area contributed by atoms with Crippen molar-refractivity contribution in [2.24, 2.45) is 0 Å². The summed E-state index contributed by atoms with van der Waals surface area (Å²) in [4.78, 5) is 23.2. The number of carbonyl (C=O) groups excluding carboxylic acids is 1. The summed E-state index contributed by atoms with van der Waals surface area (Å²) in [5.41, 5.74) is 0.965. The molecule has 0 saturated carbocycles. The SMILES string of the molecule is CNc1ccc(C(=O)N[C@H](C(=O)O)[C@@H](C)OC)c(Cl)c1. The summed E-state index contributed by atoms with van der Waals surface area (Å²) >= 11 is 6.00. The van der Waals surface area contributed by atoms with Gasteiger partial charge < -0.3 is 20.5 Å². The number of hydrogen-bond acceptors (Lipinski definition) is 4. The van der Waals surface area contributed by atoms with Crippen molar-refractivity contribution in [2.45, 2.75) is 19.1 Å². The number of carboxylic acid groups (broad SMARTS) is 1. The Morgan fingerprint density at radius 3 is 2.50 bits per heavy atom. The maximum absolute atomic E-state index is 12.1. The minimum absolute atomic E-state index is 0.209. The molecule has 0 bridgehead atoms. The Hall–Kier alpha value is -1.79. The smallest absolute Gasteiger partial charge is 0.328 e. The maximum atomic E-state index is 12.1. The van der Waals surface area contributed by atoms with Crippen molar-refractivity contribution in [2.75, 3.05) is 19.5 Å². The van der Waals surface area contributed by atoms with E-state index in [1.54, 1.807) is 26.1 Å². The van der Waals surface area contributed by atoms with E-state index in [0.29, 0.717) is 0 Å². The van der Waals surface area contributed by atoms with Gasteiger partial charge in [0.15, 0.2) is 6.04 Å². The highest BCUT2D eigenvalue weighted by Gasteiger charge is 2.27. The Labute approximate surface area is 122 Å². The molecular formula is C13H17ClN2O4. The molecule has 0 fully saturated rings. The number of ether oxygens (including phenoxy) is 1. The highest BCUT2D eigenvalue weighted by molar-refractivity contribution is 6.34. The lowest BCUT2D eigenvalue weighted by atomic mass is 10.1. The summed E-state index contributed by atoms with van der Waals surface area (Å²) in [6, 6.07) is 3.65. The Balaban J connectivity index is 2.92. The fourth-order valence-corrected chi connectivity index (χ4v) is 1.86. The van der Waals surface area contributed by atoms with Gasteiger partial charge in [-0.2, -0.15) is 0 Å². The molecule has 7 heteroatoms. The first-order chi connectivity index (χ1) is 9.40. The molecule has 1 aromatic carbocycles. The largest absolute Gasteiger partial charge is 0.480 e. The molecule has 0 aliphatic carbocycles. The summed E-state index contributed by atoms with van der Waals surface area (Å²) in [7, 11) is 3.10.